The van der Waals surface area contributed by atoms with E-state index in [0.29, 0.717) is 11.6 Å². The zero-order valence-electron chi connectivity index (χ0n) is 11.0. The summed E-state index contributed by atoms with van der Waals surface area (Å²) >= 11 is 0. The van der Waals surface area contributed by atoms with Crippen molar-refractivity contribution in [3.63, 3.8) is 0 Å². The minimum absolute atomic E-state index is 0.198. The van der Waals surface area contributed by atoms with Gasteiger partial charge in [0, 0.05) is 11.7 Å². The fourth-order valence-electron chi connectivity index (χ4n) is 2.63. The van der Waals surface area contributed by atoms with Crippen molar-refractivity contribution >= 4 is 11.7 Å². The Morgan fingerprint density at radius 2 is 2.05 bits per heavy atom. The molecule has 1 aromatic carbocycles. The van der Waals surface area contributed by atoms with Crippen LogP contribution in [-0.2, 0) is 6.18 Å². The van der Waals surface area contributed by atoms with Crippen LogP contribution in [0.2, 0.25) is 0 Å². The fourth-order valence-corrected chi connectivity index (χ4v) is 2.63. The monoisotopic (exact) mass is 287 g/mol. The lowest BCUT2D eigenvalue weighted by molar-refractivity contribution is -0.138. The Morgan fingerprint density at radius 1 is 1.35 bits per heavy atom. The molecule has 0 amide bonds. The van der Waals surface area contributed by atoms with Gasteiger partial charge >= 0.3 is 12.1 Å². The number of alkyl halides is 3. The molecule has 2 atom stereocenters. The maximum Gasteiger partial charge on any atom is 0.417 e. The van der Waals surface area contributed by atoms with Crippen molar-refractivity contribution in [1.82, 2.24) is 0 Å². The number of nitrogens with one attached hydrogen (secondary N) is 1. The molecule has 0 aliphatic heterocycles. The molecule has 110 valence electrons. The van der Waals surface area contributed by atoms with Crippen molar-refractivity contribution in [2.75, 3.05) is 5.32 Å². The van der Waals surface area contributed by atoms with Crippen LogP contribution in [0.1, 0.15) is 42.1 Å². The van der Waals surface area contributed by atoms with Gasteiger partial charge < -0.3 is 10.4 Å². The lowest BCUT2D eigenvalue weighted by Gasteiger charge is -2.16. The number of halogens is 3. The number of rotatable bonds is 3. The molecule has 1 aromatic rings. The molecule has 0 saturated heterocycles. The number of hydrogen-bond donors (Lipinski definition) is 2. The summed E-state index contributed by atoms with van der Waals surface area (Å²) in [5.41, 5.74) is -1.40. The smallest absolute Gasteiger partial charge is 0.417 e. The molecule has 0 spiro atoms. The Hall–Kier alpha value is -1.72. The van der Waals surface area contributed by atoms with Crippen LogP contribution in [0.25, 0.3) is 0 Å². The topological polar surface area (TPSA) is 49.3 Å². The van der Waals surface area contributed by atoms with Crippen LogP contribution in [0, 0.1) is 5.92 Å². The Labute approximate surface area is 114 Å². The first-order chi connectivity index (χ1) is 9.27. The highest BCUT2D eigenvalue weighted by atomic mass is 19.4. The molecule has 0 bridgehead atoms. The molecule has 0 aromatic heterocycles. The van der Waals surface area contributed by atoms with Gasteiger partial charge in [-0.2, -0.15) is 13.2 Å². The van der Waals surface area contributed by atoms with E-state index in [1.807, 2.05) is 0 Å². The summed E-state index contributed by atoms with van der Waals surface area (Å²) in [6.07, 6.45) is -1.69. The number of aromatic carboxylic acids is 1. The lowest BCUT2D eigenvalue weighted by Crippen LogP contribution is -2.17. The second-order valence-corrected chi connectivity index (χ2v) is 5.32. The van der Waals surface area contributed by atoms with Crippen LogP contribution >= 0.6 is 0 Å². The zero-order chi connectivity index (χ0) is 14.9. The molecule has 1 aliphatic rings. The van der Waals surface area contributed by atoms with Crippen molar-refractivity contribution in [2.45, 2.75) is 38.4 Å². The van der Waals surface area contributed by atoms with Gasteiger partial charge in [0.1, 0.15) is 0 Å². The van der Waals surface area contributed by atoms with Crippen LogP contribution in [-0.4, -0.2) is 17.1 Å². The van der Waals surface area contributed by atoms with Gasteiger partial charge in [-0.3, -0.25) is 0 Å². The van der Waals surface area contributed by atoms with Gasteiger partial charge in [-0.25, -0.2) is 4.79 Å². The summed E-state index contributed by atoms with van der Waals surface area (Å²) in [7, 11) is 0. The summed E-state index contributed by atoms with van der Waals surface area (Å²) in [5.74, 6) is -0.985. The van der Waals surface area contributed by atoms with E-state index in [-0.39, 0.29) is 6.04 Å². The Morgan fingerprint density at radius 3 is 2.55 bits per heavy atom. The molecule has 20 heavy (non-hydrogen) atoms. The van der Waals surface area contributed by atoms with Crippen LogP contribution in [0.15, 0.2) is 18.2 Å². The second kappa shape index (κ2) is 5.34. The van der Waals surface area contributed by atoms with Crippen LogP contribution in [0.3, 0.4) is 0 Å². The maximum atomic E-state index is 12.7. The quantitative estimate of drug-likeness (QED) is 0.883. The number of benzene rings is 1. The van der Waals surface area contributed by atoms with Gasteiger partial charge in [-0.05, 0) is 43.4 Å². The molecule has 3 nitrogen and oxygen atoms in total. The van der Waals surface area contributed by atoms with Gasteiger partial charge in [0.05, 0.1) is 11.1 Å². The standard InChI is InChI=1S/C14H16F3NO2/c1-8-2-3-9(6-8)18-10-4-5-12(14(15,16)17)11(7-10)13(19)20/h4-5,7-9,18H,2-3,6H2,1H3,(H,19,20). The molecule has 0 heterocycles. The van der Waals surface area contributed by atoms with E-state index in [2.05, 4.69) is 12.2 Å². The third kappa shape index (κ3) is 3.23. The summed E-state index contributed by atoms with van der Waals surface area (Å²) < 4.78 is 38.1. The Kier molecular flexibility index (Phi) is 3.92. The summed E-state index contributed by atoms with van der Waals surface area (Å²) in [6, 6.07) is 3.37. The molecule has 0 radical (unpaired) electrons. The molecule has 1 fully saturated rings. The number of carboxylic acids is 1. The molecule has 2 N–H and O–H groups in total. The molecular weight excluding hydrogens is 271 g/mol. The predicted molar refractivity (Wildman–Crippen MR) is 68.8 cm³/mol. The minimum Gasteiger partial charge on any atom is -0.478 e. The number of anilines is 1. The third-order valence-electron chi connectivity index (χ3n) is 3.62. The summed E-state index contributed by atoms with van der Waals surface area (Å²) in [6.45, 7) is 2.12. The number of carboxylic acid groups (broad SMARTS) is 1. The molecule has 2 rings (SSSR count). The van der Waals surface area contributed by atoms with Crippen molar-refractivity contribution in [3.8, 4) is 0 Å². The van der Waals surface area contributed by atoms with Gasteiger partial charge in [0.25, 0.3) is 0 Å². The van der Waals surface area contributed by atoms with Gasteiger partial charge in [-0.1, -0.05) is 6.92 Å². The minimum atomic E-state index is -4.66. The zero-order valence-corrected chi connectivity index (χ0v) is 11.0. The first-order valence-electron chi connectivity index (χ1n) is 6.48. The Bertz CT molecular complexity index is 514. The normalized spacial score (nSPS) is 22.8. The lowest BCUT2D eigenvalue weighted by atomic mass is 10.1. The van der Waals surface area contributed by atoms with E-state index in [1.54, 1.807) is 0 Å². The Balaban J connectivity index is 2.24. The van der Waals surface area contributed by atoms with Crippen LogP contribution < -0.4 is 5.32 Å². The molecule has 1 aliphatic carbocycles. The van der Waals surface area contributed by atoms with Gasteiger partial charge in [0.15, 0.2) is 0 Å². The van der Waals surface area contributed by atoms with Crippen LogP contribution in [0.5, 0.6) is 0 Å². The van der Waals surface area contributed by atoms with E-state index in [0.717, 1.165) is 31.4 Å². The third-order valence-corrected chi connectivity index (χ3v) is 3.62. The van der Waals surface area contributed by atoms with E-state index >= 15 is 0 Å². The van der Waals surface area contributed by atoms with Crippen molar-refractivity contribution < 1.29 is 23.1 Å². The highest BCUT2D eigenvalue weighted by Crippen LogP contribution is 2.34. The fraction of sp³-hybridized carbons (Fsp3) is 0.500. The molecule has 2 unspecified atom stereocenters. The van der Waals surface area contributed by atoms with E-state index < -0.39 is 23.3 Å². The molecule has 1 saturated carbocycles. The summed E-state index contributed by atoms with van der Waals surface area (Å²) in [4.78, 5) is 11.0. The van der Waals surface area contributed by atoms with Crippen LogP contribution in [0.4, 0.5) is 18.9 Å². The maximum absolute atomic E-state index is 12.7. The average molecular weight is 287 g/mol. The highest BCUT2D eigenvalue weighted by molar-refractivity contribution is 5.91. The average Bonchev–Trinajstić information content (AvgIpc) is 2.73. The van der Waals surface area contributed by atoms with Gasteiger partial charge in [-0.15, -0.1) is 0 Å². The SMILES string of the molecule is CC1CCC(Nc2ccc(C(F)(F)F)c(C(=O)O)c2)C1. The highest BCUT2D eigenvalue weighted by Gasteiger charge is 2.35. The summed E-state index contributed by atoms with van der Waals surface area (Å²) in [5, 5.41) is 12.0. The van der Waals surface area contributed by atoms with E-state index in [1.165, 1.54) is 6.07 Å². The number of hydrogen-bond acceptors (Lipinski definition) is 2. The first kappa shape index (κ1) is 14.7. The first-order valence-corrected chi connectivity index (χ1v) is 6.48. The van der Waals surface area contributed by atoms with E-state index in [4.69, 9.17) is 5.11 Å². The van der Waals surface area contributed by atoms with Gasteiger partial charge in [0.2, 0.25) is 0 Å². The largest absolute Gasteiger partial charge is 0.478 e. The van der Waals surface area contributed by atoms with Crippen molar-refractivity contribution in [2.24, 2.45) is 5.92 Å². The van der Waals surface area contributed by atoms with Crippen molar-refractivity contribution in [3.05, 3.63) is 29.3 Å². The molecular formula is C14H16F3NO2. The predicted octanol–water partition coefficient (Wildman–Crippen LogP) is 4.00. The van der Waals surface area contributed by atoms with Crippen molar-refractivity contribution in [1.29, 1.82) is 0 Å². The van der Waals surface area contributed by atoms with E-state index in [9.17, 15) is 18.0 Å². The number of carbonyl (C=O) groups is 1. The second-order valence-electron chi connectivity index (χ2n) is 5.32. The molecule has 6 heteroatoms.